The molecule has 1 aromatic rings. The molecule has 43 heavy (non-hydrogen) atoms. The first-order valence-corrected chi connectivity index (χ1v) is 14.7. The van der Waals surface area contributed by atoms with Gasteiger partial charge in [0.1, 0.15) is 0 Å². The van der Waals surface area contributed by atoms with Crippen LogP contribution in [-0.4, -0.2) is 80.3 Å². The summed E-state index contributed by atoms with van der Waals surface area (Å²) in [6, 6.07) is 6.10. The van der Waals surface area contributed by atoms with Crippen molar-refractivity contribution in [2.75, 3.05) is 32.2 Å². The van der Waals surface area contributed by atoms with Crippen LogP contribution in [0.2, 0.25) is 0 Å². The van der Waals surface area contributed by atoms with Gasteiger partial charge in [0, 0.05) is 44.3 Å². The smallest absolute Gasteiger partial charge is 0.426 e. The van der Waals surface area contributed by atoms with Crippen LogP contribution in [0.3, 0.4) is 0 Å². The minimum Gasteiger partial charge on any atom is -0.453 e. The Kier molecular flexibility index (Phi) is 11.5. The topological polar surface area (TPSA) is 143 Å². The lowest BCUT2D eigenvalue weighted by atomic mass is 9.75. The summed E-state index contributed by atoms with van der Waals surface area (Å²) in [5.41, 5.74) is 4.15. The lowest BCUT2D eigenvalue weighted by Gasteiger charge is -2.41. The molecule has 13 heteroatoms. The molecule has 1 heterocycles. The van der Waals surface area contributed by atoms with Gasteiger partial charge in [0.25, 0.3) is 5.91 Å². The normalized spacial score (nSPS) is 20.8. The first kappa shape index (κ1) is 34.6. The van der Waals surface area contributed by atoms with Crippen LogP contribution in [0.15, 0.2) is 24.3 Å². The van der Waals surface area contributed by atoms with E-state index in [0.29, 0.717) is 19.3 Å². The first-order chi connectivity index (χ1) is 20.1. The Balaban J connectivity index is 1.63. The fourth-order valence-electron chi connectivity index (χ4n) is 6.41. The highest BCUT2D eigenvalue weighted by Gasteiger charge is 2.65. The molecule has 4 atom stereocenters. The number of aliphatic hydroxyl groups excluding tert-OH is 1. The number of alkyl carbamates (subject to hydrolysis) is 1. The highest BCUT2D eigenvalue weighted by molar-refractivity contribution is 5.95. The van der Waals surface area contributed by atoms with Gasteiger partial charge in [-0.25, -0.2) is 4.79 Å². The van der Waals surface area contributed by atoms with Crippen molar-refractivity contribution in [2.24, 2.45) is 17.1 Å². The predicted molar refractivity (Wildman–Crippen MR) is 154 cm³/mol. The second-order valence-corrected chi connectivity index (χ2v) is 12.4. The van der Waals surface area contributed by atoms with E-state index in [1.807, 2.05) is 24.3 Å². The van der Waals surface area contributed by atoms with E-state index in [4.69, 9.17) is 15.2 Å². The molecule has 0 radical (unpaired) electrons. The summed E-state index contributed by atoms with van der Waals surface area (Å²) >= 11 is 0. The van der Waals surface area contributed by atoms with Crippen LogP contribution in [0.4, 0.5) is 23.7 Å². The maximum atomic E-state index is 14.3. The second kappa shape index (κ2) is 14.3. The van der Waals surface area contributed by atoms with Crippen molar-refractivity contribution in [1.82, 2.24) is 10.6 Å². The maximum Gasteiger partial charge on any atom is 0.426 e. The lowest BCUT2D eigenvalue weighted by molar-refractivity contribution is -0.279. The number of amides is 3. The Bertz CT molecular complexity index is 1130. The van der Waals surface area contributed by atoms with Gasteiger partial charge in [-0.1, -0.05) is 51.3 Å². The average Bonchev–Trinajstić information content (AvgIpc) is 2.95. The van der Waals surface area contributed by atoms with Crippen molar-refractivity contribution < 1.29 is 42.1 Å². The maximum absolute atomic E-state index is 14.3. The number of halogens is 3. The van der Waals surface area contributed by atoms with Crippen molar-refractivity contribution in [3.8, 4) is 0 Å². The number of nitrogens with zero attached hydrogens (tertiary/aromatic N) is 1. The van der Waals surface area contributed by atoms with Crippen molar-refractivity contribution in [3.63, 3.8) is 0 Å². The SMILES string of the molecule is COC(=O)NC1Cc2ccccc2N(C(=O)CC(C)(C)C[C@H](N)[C@@H](O)CNC(=O)[C@](OC)(C2CCCCC2)C(F)(F)F)C1. The number of hydrogen-bond acceptors (Lipinski definition) is 7. The van der Waals surface area contributed by atoms with Crippen molar-refractivity contribution >= 4 is 23.6 Å². The number of aliphatic hydroxyl groups is 1. The van der Waals surface area contributed by atoms with E-state index >= 15 is 0 Å². The highest BCUT2D eigenvalue weighted by atomic mass is 19.4. The number of methoxy groups -OCH3 is 2. The van der Waals surface area contributed by atoms with Gasteiger partial charge >= 0.3 is 12.3 Å². The fourth-order valence-corrected chi connectivity index (χ4v) is 6.41. The molecule has 10 nitrogen and oxygen atoms in total. The van der Waals surface area contributed by atoms with Gasteiger partial charge in [0.2, 0.25) is 11.5 Å². The third-order valence-electron chi connectivity index (χ3n) is 8.60. The molecule has 0 aromatic heterocycles. The number of carbonyl (C=O) groups is 3. The van der Waals surface area contributed by atoms with Crippen LogP contribution in [-0.2, 0) is 25.5 Å². The van der Waals surface area contributed by atoms with Gasteiger partial charge in [-0.15, -0.1) is 0 Å². The Morgan fingerprint density at radius 2 is 1.77 bits per heavy atom. The Hall–Kier alpha value is -2.90. The molecule has 1 aliphatic carbocycles. The Morgan fingerprint density at radius 1 is 1.12 bits per heavy atom. The third-order valence-corrected chi connectivity index (χ3v) is 8.60. The summed E-state index contributed by atoms with van der Waals surface area (Å²) in [7, 11) is 2.15. The summed E-state index contributed by atoms with van der Waals surface area (Å²) in [4.78, 5) is 40.0. The number of rotatable bonds is 11. The standard InChI is InChI=1S/C30H45F3N4O6/c1-28(2,16-25(39)37-18-21(36-27(41)42-3)14-19-10-8-9-13-23(19)37)15-22(34)24(38)17-35-26(40)29(43-4,30(31,32)33)20-11-6-5-7-12-20/h8-10,13,20-22,24,38H,5-7,11-12,14-18,34H2,1-4H3,(H,35,40)(H,36,41)/t21?,22-,24-,29+/m0/s1. The molecule has 1 saturated carbocycles. The molecule has 1 fully saturated rings. The average molecular weight is 615 g/mol. The number of nitrogens with two attached hydrogens (primary N) is 1. The van der Waals surface area contributed by atoms with Crippen LogP contribution < -0.4 is 21.3 Å². The minimum absolute atomic E-state index is 0.0433. The minimum atomic E-state index is -4.94. The number of carbonyl (C=O) groups excluding carboxylic acids is 3. The van der Waals surface area contributed by atoms with Crippen molar-refractivity contribution in [2.45, 2.75) is 95.2 Å². The zero-order valence-corrected chi connectivity index (χ0v) is 25.3. The number of hydrogen-bond donors (Lipinski definition) is 4. The molecule has 0 bridgehead atoms. The second-order valence-electron chi connectivity index (χ2n) is 12.4. The number of nitrogens with one attached hydrogen (secondary N) is 2. The van der Waals surface area contributed by atoms with Gasteiger partial charge in [0.15, 0.2) is 0 Å². The van der Waals surface area contributed by atoms with Crippen molar-refractivity contribution in [1.29, 1.82) is 0 Å². The molecule has 2 aliphatic rings. The van der Waals surface area contributed by atoms with E-state index in [0.717, 1.165) is 24.8 Å². The first-order valence-electron chi connectivity index (χ1n) is 14.7. The monoisotopic (exact) mass is 614 g/mol. The summed E-state index contributed by atoms with van der Waals surface area (Å²) < 4.78 is 52.4. The highest BCUT2D eigenvalue weighted by Crippen LogP contribution is 2.45. The number of benzene rings is 1. The summed E-state index contributed by atoms with van der Waals surface area (Å²) in [5, 5.41) is 15.7. The van der Waals surface area contributed by atoms with Gasteiger partial charge in [-0.3, -0.25) is 9.59 Å². The molecule has 1 aliphatic heterocycles. The summed E-state index contributed by atoms with van der Waals surface area (Å²) in [6.07, 6.45) is -3.80. The van der Waals surface area contributed by atoms with Crippen LogP contribution >= 0.6 is 0 Å². The molecular weight excluding hydrogens is 569 g/mol. The van der Waals surface area contributed by atoms with Crippen molar-refractivity contribution in [3.05, 3.63) is 29.8 Å². The van der Waals surface area contributed by atoms with E-state index < -0.39 is 53.8 Å². The lowest BCUT2D eigenvalue weighted by Crippen LogP contribution is -2.64. The van der Waals surface area contributed by atoms with E-state index in [1.165, 1.54) is 7.11 Å². The number of para-hydroxylation sites is 1. The largest absolute Gasteiger partial charge is 0.453 e. The molecule has 1 aromatic carbocycles. The van der Waals surface area contributed by atoms with Gasteiger partial charge in [-0.05, 0) is 42.7 Å². The van der Waals surface area contributed by atoms with Gasteiger partial charge in [-0.2, -0.15) is 13.2 Å². The number of fused-ring (bicyclic) bond motifs is 1. The molecule has 0 spiro atoms. The van der Waals surface area contributed by atoms with Crippen LogP contribution in [0.1, 0.15) is 64.4 Å². The van der Waals surface area contributed by atoms with Crippen LogP contribution in [0.5, 0.6) is 0 Å². The fraction of sp³-hybridized carbons (Fsp3) is 0.700. The number of ether oxygens (including phenoxy) is 2. The summed E-state index contributed by atoms with van der Waals surface area (Å²) in [6.45, 7) is 3.35. The van der Waals surface area contributed by atoms with E-state index in [2.05, 4.69) is 10.6 Å². The number of anilines is 1. The Labute approximate surface area is 250 Å². The molecule has 0 saturated heterocycles. The zero-order valence-electron chi connectivity index (χ0n) is 25.3. The van der Waals surface area contributed by atoms with Gasteiger partial charge in [0.05, 0.1) is 19.3 Å². The van der Waals surface area contributed by atoms with E-state index in [1.54, 1.807) is 18.7 Å². The molecule has 3 amide bonds. The quantitative estimate of drug-likeness (QED) is 0.299. The molecular formula is C30H45F3N4O6. The molecule has 242 valence electrons. The molecule has 5 N–H and O–H groups in total. The Morgan fingerprint density at radius 3 is 2.37 bits per heavy atom. The summed E-state index contributed by atoms with van der Waals surface area (Å²) in [5.74, 6) is -2.58. The van der Waals surface area contributed by atoms with Crippen LogP contribution in [0, 0.1) is 11.3 Å². The van der Waals surface area contributed by atoms with E-state index in [9.17, 15) is 32.7 Å². The zero-order chi connectivity index (χ0) is 32.0. The van der Waals surface area contributed by atoms with Crippen LogP contribution in [0.25, 0.3) is 0 Å². The van der Waals surface area contributed by atoms with Gasteiger partial charge < -0.3 is 35.8 Å². The van der Waals surface area contributed by atoms with E-state index in [-0.39, 0.29) is 44.2 Å². The number of alkyl halides is 3. The molecule has 3 rings (SSSR count). The third kappa shape index (κ3) is 8.18. The predicted octanol–water partition coefficient (Wildman–Crippen LogP) is 3.44. The molecule has 1 unspecified atom stereocenters.